The molecular weight excluding hydrogens is 541 g/mol. The van der Waals surface area contributed by atoms with Crippen LogP contribution in [0, 0.1) is 0 Å². The normalized spacial score (nSPS) is 14.0. The van der Waals surface area contributed by atoms with Gasteiger partial charge in [-0.2, -0.15) is 0 Å². The highest BCUT2D eigenvalue weighted by atomic mass is 32.1. The molecule has 0 fully saturated rings. The van der Waals surface area contributed by atoms with E-state index in [1.54, 1.807) is 0 Å². The van der Waals surface area contributed by atoms with E-state index in [1.807, 2.05) is 11.3 Å². The van der Waals surface area contributed by atoms with E-state index < -0.39 is 0 Å². The van der Waals surface area contributed by atoms with Gasteiger partial charge in [0.2, 0.25) is 0 Å². The molecule has 2 nitrogen and oxygen atoms in total. The Kier molecular flexibility index (Phi) is 5.15. The summed E-state index contributed by atoms with van der Waals surface area (Å²) in [6, 6.07) is 48.4. The standard InChI is InChI=1S/C40H28N2S/c1-40(2)29-18-8-11-21-32(29)42(33-22-12-9-19-30(33)40)34-24-28-36(37-27-17-7-13-23-35(27)43-39(34)37)26-16-6-10-20-31(26)41-38(28)25-14-4-3-5-15-25/h3-24H,1-2H3. The molecule has 0 radical (unpaired) electrons. The Hall–Kier alpha value is -4.99. The van der Waals surface area contributed by atoms with Gasteiger partial charge < -0.3 is 4.90 Å². The fraction of sp³-hybridized carbons (Fsp3) is 0.0750. The molecule has 1 aliphatic heterocycles. The Balaban J connectivity index is 1.52. The predicted octanol–water partition coefficient (Wildman–Crippen LogP) is 11.5. The molecule has 0 atom stereocenters. The zero-order chi connectivity index (χ0) is 28.7. The zero-order valence-electron chi connectivity index (χ0n) is 24.0. The van der Waals surface area contributed by atoms with Crippen LogP contribution in [0.4, 0.5) is 17.1 Å². The number of pyridine rings is 1. The van der Waals surface area contributed by atoms with Gasteiger partial charge in [-0.05, 0) is 41.5 Å². The molecule has 0 spiro atoms. The zero-order valence-corrected chi connectivity index (χ0v) is 24.8. The molecule has 2 aromatic heterocycles. The molecule has 1 aliphatic rings. The number of fused-ring (bicyclic) bond motifs is 9. The van der Waals surface area contributed by atoms with Gasteiger partial charge in [0.1, 0.15) is 0 Å². The summed E-state index contributed by atoms with van der Waals surface area (Å²) < 4.78 is 2.60. The van der Waals surface area contributed by atoms with E-state index in [9.17, 15) is 0 Å². The van der Waals surface area contributed by atoms with Crippen LogP contribution in [-0.2, 0) is 5.41 Å². The third-order valence-corrected chi connectivity index (χ3v) is 10.4. The number of rotatable bonds is 2. The third kappa shape index (κ3) is 3.43. The lowest BCUT2D eigenvalue weighted by molar-refractivity contribution is 0.632. The average Bonchev–Trinajstić information content (AvgIpc) is 3.45. The lowest BCUT2D eigenvalue weighted by Crippen LogP contribution is -2.30. The van der Waals surface area contributed by atoms with Gasteiger partial charge in [0.15, 0.2) is 0 Å². The Morgan fingerprint density at radius 3 is 1.91 bits per heavy atom. The summed E-state index contributed by atoms with van der Waals surface area (Å²) in [5, 5.41) is 6.25. The molecule has 204 valence electrons. The smallest absolute Gasteiger partial charge is 0.0789 e. The van der Waals surface area contributed by atoms with Crippen molar-refractivity contribution in [3.63, 3.8) is 0 Å². The summed E-state index contributed by atoms with van der Waals surface area (Å²) >= 11 is 1.89. The molecule has 9 rings (SSSR count). The van der Waals surface area contributed by atoms with Crippen molar-refractivity contribution in [3.8, 4) is 11.3 Å². The summed E-state index contributed by atoms with van der Waals surface area (Å²) in [5.41, 5.74) is 9.40. The van der Waals surface area contributed by atoms with Crippen molar-refractivity contribution in [3.05, 3.63) is 145 Å². The SMILES string of the molecule is CC1(C)c2ccccc2N(c2cc3c(-c4ccccc4)nc4ccccc4c3c3c2sc2ccccc23)c2ccccc21. The number of hydrogen-bond donors (Lipinski definition) is 0. The fourth-order valence-electron chi connectivity index (χ4n) is 7.22. The first-order chi connectivity index (χ1) is 21.1. The summed E-state index contributed by atoms with van der Waals surface area (Å²) in [6.07, 6.45) is 0. The molecule has 6 aromatic carbocycles. The maximum absolute atomic E-state index is 5.33. The highest BCUT2D eigenvalue weighted by Crippen LogP contribution is 2.56. The number of aromatic nitrogens is 1. The number of nitrogens with zero attached hydrogens (tertiary/aromatic N) is 2. The molecule has 3 heterocycles. The topological polar surface area (TPSA) is 16.1 Å². The van der Waals surface area contributed by atoms with Crippen LogP contribution in [0.2, 0.25) is 0 Å². The molecule has 43 heavy (non-hydrogen) atoms. The van der Waals surface area contributed by atoms with E-state index in [-0.39, 0.29) is 5.41 Å². The van der Waals surface area contributed by atoms with Gasteiger partial charge in [-0.25, -0.2) is 4.98 Å². The van der Waals surface area contributed by atoms with E-state index in [0.29, 0.717) is 0 Å². The number of benzene rings is 6. The first kappa shape index (κ1) is 24.6. The van der Waals surface area contributed by atoms with Crippen LogP contribution in [0.1, 0.15) is 25.0 Å². The lowest BCUT2D eigenvalue weighted by atomic mass is 9.73. The van der Waals surface area contributed by atoms with Gasteiger partial charge in [-0.3, -0.25) is 0 Å². The van der Waals surface area contributed by atoms with Crippen LogP contribution in [0.25, 0.3) is 53.1 Å². The van der Waals surface area contributed by atoms with Crippen molar-refractivity contribution in [1.82, 2.24) is 4.98 Å². The summed E-state index contributed by atoms with van der Waals surface area (Å²) in [4.78, 5) is 7.84. The van der Waals surface area contributed by atoms with Crippen LogP contribution in [0.5, 0.6) is 0 Å². The Morgan fingerprint density at radius 2 is 1.16 bits per heavy atom. The largest absolute Gasteiger partial charge is 0.308 e. The van der Waals surface area contributed by atoms with Crippen LogP contribution in [0.3, 0.4) is 0 Å². The average molecular weight is 569 g/mol. The maximum Gasteiger partial charge on any atom is 0.0789 e. The monoisotopic (exact) mass is 568 g/mol. The predicted molar refractivity (Wildman–Crippen MR) is 184 cm³/mol. The van der Waals surface area contributed by atoms with Gasteiger partial charge in [0.25, 0.3) is 0 Å². The lowest BCUT2D eigenvalue weighted by Gasteiger charge is -2.42. The second-order valence-electron chi connectivity index (χ2n) is 12.0. The quantitative estimate of drug-likeness (QED) is 0.193. The summed E-state index contributed by atoms with van der Waals surface area (Å²) in [5.74, 6) is 0. The minimum absolute atomic E-state index is 0.118. The van der Waals surface area contributed by atoms with Crippen molar-refractivity contribution in [2.45, 2.75) is 19.3 Å². The van der Waals surface area contributed by atoms with Gasteiger partial charge >= 0.3 is 0 Å². The van der Waals surface area contributed by atoms with Crippen molar-refractivity contribution in [2.24, 2.45) is 0 Å². The van der Waals surface area contributed by atoms with E-state index in [1.165, 1.54) is 64.5 Å². The minimum Gasteiger partial charge on any atom is -0.308 e. The molecule has 0 saturated carbocycles. The maximum atomic E-state index is 5.33. The first-order valence-electron chi connectivity index (χ1n) is 14.8. The van der Waals surface area contributed by atoms with Crippen LogP contribution < -0.4 is 4.90 Å². The highest BCUT2D eigenvalue weighted by Gasteiger charge is 2.37. The van der Waals surface area contributed by atoms with Crippen LogP contribution in [0.15, 0.2) is 133 Å². The number of thiophene rings is 1. The Morgan fingerprint density at radius 1 is 0.558 bits per heavy atom. The van der Waals surface area contributed by atoms with Crippen LogP contribution in [-0.4, -0.2) is 4.98 Å². The molecule has 3 heteroatoms. The second-order valence-corrected chi connectivity index (χ2v) is 13.0. The Bertz CT molecular complexity index is 2330. The highest BCUT2D eigenvalue weighted by molar-refractivity contribution is 7.26. The first-order valence-corrected chi connectivity index (χ1v) is 15.6. The molecular formula is C40H28N2S. The van der Waals surface area contributed by atoms with Gasteiger partial charge in [0.05, 0.1) is 33.0 Å². The van der Waals surface area contributed by atoms with Crippen molar-refractivity contribution in [1.29, 1.82) is 0 Å². The van der Waals surface area contributed by atoms with Crippen molar-refractivity contribution >= 4 is 70.2 Å². The van der Waals surface area contributed by atoms with Crippen molar-refractivity contribution in [2.75, 3.05) is 4.90 Å². The van der Waals surface area contributed by atoms with Gasteiger partial charge in [-0.15, -0.1) is 11.3 Å². The van der Waals surface area contributed by atoms with Crippen LogP contribution >= 0.6 is 11.3 Å². The van der Waals surface area contributed by atoms with Gasteiger partial charge in [0, 0.05) is 42.6 Å². The number of anilines is 3. The molecule has 0 N–H and O–H groups in total. The summed E-state index contributed by atoms with van der Waals surface area (Å²) in [7, 11) is 0. The molecule has 8 aromatic rings. The van der Waals surface area contributed by atoms with E-state index in [2.05, 4.69) is 152 Å². The molecule has 0 aliphatic carbocycles. The third-order valence-electron chi connectivity index (χ3n) is 9.21. The summed E-state index contributed by atoms with van der Waals surface area (Å²) in [6.45, 7) is 4.70. The molecule has 0 saturated heterocycles. The molecule has 0 unspecified atom stereocenters. The Labute approximate surface area is 254 Å². The fourth-order valence-corrected chi connectivity index (χ4v) is 8.44. The van der Waals surface area contributed by atoms with Gasteiger partial charge in [-0.1, -0.05) is 117 Å². The molecule has 0 bridgehead atoms. The number of para-hydroxylation sites is 3. The van der Waals surface area contributed by atoms with Crippen molar-refractivity contribution < 1.29 is 0 Å². The second kappa shape index (κ2) is 9.00. The van der Waals surface area contributed by atoms with E-state index in [0.717, 1.165) is 16.8 Å². The number of hydrogen-bond acceptors (Lipinski definition) is 3. The molecule has 0 amide bonds. The van der Waals surface area contributed by atoms with E-state index >= 15 is 0 Å². The van der Waals surface area contributed by atoms with E-state index in [4.69, 9.17) is 4.98 Å². The minimum atomic E-state index is -0.118.